The molecule has 0 radical (unpaired) electrons. The number of carboxylic acids is 1. The molecule has 2 N–H and O–H groups in total. The second kappa shape index (κ2) is 4.93. The van der Waals surface area contributed by atoms with Crippen LogP contribution in [0.4, 0.5) is 0 Å². The quantitative estimate of drug-likeness (QED) is 0.759. The summed E-state index contributed by atoms with van der Waals surface area (Å²) in [4.78, 5) is 23.8. The number of allylic oxidation sites excluding steroid dienone is 2. The highest BCUT2D eigenvalue weighted by atomic mass is 16.4. The van der Waals surface area contributed by atoms with E-state index < -0.39 is 17.8 Å². The predicted molar refractivity (Wildman–Crippen MR) is 70.2 cm³/mol. The summed E-state index contributed by atoms with van der Waals surface area (Å²) < 4.78 is 0. The van der Waals surface area contributed by atoms with Crippen LogP contribution in [0.2, 0.25) is 0 Å². The lowest BCUT2D eigenvalue weighted by atomic mass is 9.82. The van der Waals surface area contributed by atoms with Gasteiger partial charge in [0.2, 0.25) is 5.91 Å². The fourth-order valence-corrected chi connectivity index (χ4v) is 4.08. The summed E-state index contributed by atoms with van der Waals surface area (Å²) in [6, 6.07) is 2.13. The monoisotopic (exact) mass is 274 g/mol. The molecule has 20 heavy (non-hydrogen) atoms. The summed E-state index contributed by atoms with van der Waals surface area (Å²) in [6.45, 7) is 0. The molecule has 1 amide bonds. The zero-order valence-electron chi connectivity index (χ0n) is 11.2. The van der Waals surface area contributed by atoms with Crippen molar-refractivity contribution in [3.8, 4) is 6.07 Å². The Morgan fingerprint density at radius 2 is 1.90 bits per heavy atom. The molecule has 3 rings (SSSR count). The number of carbonyl (C=O) groups is 2. The average molecular weight is 274 g/mol. The summed E-state index contributed by atoms with van der Waals surface area (Å²) in [5, 5.41) is 21.3. The van der Waals surface area contributed by atoms with Gasteiger partial charge in [-0.2, -0.15) is 5.26 Å². The number of nitrogens with one attached hydrogen (secondary N) is 1. The van der Waals surface area contributed by atoms with Gasteiger partial charge in [0.25, 0.3) is 0 Å². The van der Waals surface area contributed by atoms with Crippen LogP contribution >= 0.6 is 0 Å². The Morgan fingerprint density at radius 1 is 1.20 bits per heavy atom. The highest BCUT2D eigenvalue weighted by Gasteiger charge is 2.52. The van der Waals surface area contributed by atoms with Gasteiger partial charge in [-0.15, -0.1) is 0 Å². The summed E-state index contributed by atoms with van der Waals surface area (Å²) in [6.07, 6.45) is 7.26. The molecule has 0 spiro atoms. The first-order valence-electron chi connectivity index (χ1n) is 7.23. The van der Waals surface area contributed by atoms with E-state index in [0.29, 0.717) is 0 Å². The number of rotatable bonds is 3. The van der Waals surface area contributed by atoms with Crippen LogP contribution in [-0.4, -0.2) is 23.0 Å². The van der Waals surface area contributed by atoms with Crippen molar-refractivity contribution >= 4 is 11.9 Å². The zero-order chi connectivity index (χ0) is 14.3. The largest absolute Gasteiger partial charge is 0.481 e. The van der Waals surface area contributed by atoms with Gasteiger partial charge < -0.3 is 10.4 Å². The lowest BCUT2D eigenvalue weighted by Crippen LogP contribution is -2.45. The maximum Gasteiger partial charge on any atom is 0.307 e. The Bertz CT molecular complexity index is 508. The fourth-order valence-electron chi connectivity index (χ4n) is 4.08. The first-order valence-corrected chi connectivity index (χ1v) is 7.23. The summed E-state index contributed by atoms with van der Waals surface area (Å²) in [7, 11) is 0. The molecule has 5 heteroatoms. The highest BCUT2D eigenvalue weighted by molar-refractivity contribution is 5.87. The van der Waals surface area contributed by atoms with E-state index in [2.05, 4.69) is 11.4 Å². The third-order valence-electron chi connectivity index (χ3n) is 5.06. The Kier molecular flexibility index (Phi) is 3.25. The van der Waals surface area contributed by atoms with E-state index in [4.69, 9.17) is 5.26 Å². The SMILES string of the molecule is N#CC1CCCC1NC(=O)C1C2C=CC(C2)C1C(=O)O. The van der Waals surface area contributed by atoms with E-state index in [9.17, 15) is 14.7 Å². The molecule has 2 saturated carbocycles. The van der Waals surface area contributed by atoms with Crippen molar-refractivity contribution in [2.24, 2.45) is 29.6 Å². The Labute approximate surface area is 117 Å². The average Bonchev–Trinajstić information content (AvgIpc) is 3.12. The third-order valence-corrected chi connectivity index (χ3v) is 5.06. The second-order valence-corrected chi connectivity index (χ2v) is 6.12. The van der Waals surface area contributed by atoms with Gasteiger partial charge in [-0.3, -0.25) is 9.59 Å². The number of carbonyl (C=O) groups excluding carboxylic acids is 1. The van der Waals surface area contributed by atoms with E-state index in [1.165, 1.54) is 0 Å². The number of fused-ring (bicyclic) bond motifs is 2. The summed E-state index contributed by atoms with van der Waals surface area (Å²) in [5.41, 5.74) is 0. The van der Waals surface area contributed by atoms with Crippen molar-refractivity contribution in [2.75, 3.05) is 0 Å². The molecule has 6 atom stereocenters. The van der Waals surface area contributed by atoms with E-state index in [0.717, 1.165) is 25.7 Å². The zero-order valence-corrected chi connectivity index (χ0v) is 11.2. The van der Waals surface area contributed by atoms with Crippen LogP contribution in [0, 0.1) is 40.9 Å². The van der Waals surface area contributed by atoms with Crippen molar-refractivity contribution < 1.29 is 14.7 Å². The molecule has 0 heterocycles. The second-order valence-electron chi connectivity index (χ2n) is 6.12. The third kappa shape index (κ3) is 2.00. The number of aliphatic carboxylic acids is 1. The normalized spacial score (nSPS) is 41.5. The molecule has 106 valence electrons. The van der Waals surface area contributed by atoms with Crippen molar-refractivity contribution in [3.05, 3.63) is 12.2 Å². The van der Waals surface area contributed by atoms with Crippen LogP contribution in [-0.2, 0) is 9.59 Å². The maximum atomic E-state index is 12.4. The summed E-state index contributed by atoms with van der Waals surface area (Å²) >= 11 is 0. The number of nitrogens with zero attached hydrogens (tertiary/aromatic N) is 1. The van der Waals surface area contributed by atoms with Crippen molar-refractivity contribution in [1.29, 1.82) is 5.26 Å². The standard InChI is InChI=1S/C15H18N2O3/c16-7-10-2-1-3-11(10)17-14(18)12-8-4-5-9(6-8)13(12)15(19)20/h4-5,8-13H,1-3,6H2,(H,17,18)(H,19,20). The molecule has 0 aromatic heterocycles. The smallest absolute Gasteiger partial charge is 0.307 e. The number of hydrogen-bond donors (Lipinski definition) is 2. The van der Waals surface area contributed by atoms with Crippen LogP contribution in [0.15, 0.2) is 12.2 Å². The molecular formula is C15H18N2O3. The van der Waals surface area contributed by atoms with E-state index in [1.54, 1.807) is 0 Å². The van der Waals surface area contributed by atoms with Gasteiger partial charge in [0, 0.05) is 6.04 Å². The first kappa shape index (κ1) is 13.2. The minimum Gasteiger partial charge on any atom is -0.481 e. The van der Waals surface area contributed by atoms with Gasteiger partial charge in [0.05, 0.1) is 23.8 Å². The van der Waals surface area contributed by atoms with Gasteiger partial charge in [-0.25, -0.2) is 0 Å². The van der Waals surface area contributed by atoms with E-state index in [-0.39, 0.29) is 29.7 Å². The number of nitriles is 1. The molecule has 3 aliphatic carbocycles. The minimum atomic E-state index is -0.884. The first-order chi connectivity index (χ1) is 9.61. The molecule has 3 aliphatic rings. The molecule has 6 unspecified atom stereocenters. The number of carboxylic acid groups (broad SMARTS) is 1. The van der Waals surface area contributed by atoms with Crippen LogP contribution < -0.4 is 5.32 Å². The summed E-state index contributed by atoms with van der Waals surface area (Å²) in [5.74, 6) is -2.23. The van der Waals surface area contributed by atoms with Crippen molar-refractivity contribution in [1.82, 2.24) is 5.32 Å². The Hall–Kier alpha value is -1.83. The van der Waals surface area contributed by atoms with E-state index >= 15 is 0 Å². The molecule has 0 saturated heterocycles. The molecule has 5 nitrogen and oxygen atoms in total. The minimum absolute atomic E-state index is 0.0106. The van der Waals surface area contributed by atoms with Gasteiger partial charge in [-0.05, 0) is 37.5 Å². The topological polar surface area (TPSA) is 90.2 Å². The molecule has 2 bridgehead atoms. The predicted octanol–water partition coefficient (Wildman–Crippen LogP) is 1.32. The fraction of sp³-hybridized carbons (Fsp3) is 0.667. The molecule has 0 aromatic rings. The van der Waals surface area contributed by atoms with Crippen LogP contribution in [0.5, 0.6) is 0 Å². The van der Waals surface area contributed by atoms with E-state index in [1.807, 2.05) is 12.2 Å². The van der Waals surface area contributed by atoms with Crippen LogP contribution in [0.3, 0.4) is 0 Å². The van der Waals surface area contributed by atoms with Crippen molar-refractivity contribution in [3.63, 3.8) is 0 Å². The van der Waals surface area contributed by atoms with Crippen LogP contribution in [0.25, 0.3) is 0 Å². The lowest BCUT2D eigenvalue weighted by molar-refractivity contribution is -0.148. The molecule has 0 aromatic carbocycles. The number of hydrogen-bond acceptors (Lipinski definition) is 3. The lowest BCUT2D eigenvalue weighted by Gasteiger charge is -2.26. The molecular weight excluding hydrogens is 256 g/mol. The maximum absolute atomic E-state index is 12.4. The van der Waals surface area contributed by atoms with Gasteiger partial charge >= 0.3 is 5.97 Å². The van der Waals surface area contributed by atoms with Crippen molar-refractivity contribution in [2.45, 2.75) is 31.7 Å². The highest BCUT2D eigenvalue weighted by Crippen LogP contribution is 2.48. The van der Waals surface area contributed by atoms with Crippen LogP contribution in [0.1, 0.15) is 25.7 Å². The van der Waals surface area contributed by atoms with Gasteiger partial charge in [0.15, 0.2) is 0 Å². The van der Waals surface area contributed by atoms with Gasteiger partial charge in [0.1, 0.15) is 0 Å². The Morgan fingerprint density at radius 3 is 2.55 bits per heavy atom. The number of amides is 1. The molecule has 0 aliphatic heterocycles. The Balaban J connectivity index is 1.72. The molecule has 2 fully saturated rings. The van der Waals surface area contributed by atoms with Gasteiger partial charge in [-0.1, -0.05) is 12.2 Å².